The minimum absolute atomic E-state index is 0.0942. The summed E-state index contributed by atoms with van der Waals surface area (Å²) in [6, 6.07) is 23.1. The van der Waals surface area contributed by atoms with Crippen LogP contribution in [0.5, 0.6) is 0 Å². The second-order valence-corrected chi connectivity index (χ2v) is 8.73. The van der Waals surface area contributed by atoms with Crippen LogP contribution in [-0.4, -0.2) is 19.2 Å². The molecule has 0 radical (unpaired) electrons. The number of hydrogen-bond acceptors (Lipinski definition) is 4. The van der Waals surface area contributed by atoms with E-state index in [1.165, 1.54) is 23.5 Å². The summed E-state index contributed by atoms with van der Waals surface area (Å²) < 4.78 is 42.7. The molecule has 0 saturated carbocycles. The minimum atomic E-state index is -4.05. The Morgan fingerprint density at radius 1 is 0.900 bits per heavy atom. The second-order valence-electron chi connectivity index (χ2n) is 6.26. The maximum absolute atomic E-state index is 13.2. The van der Waals surface area contributed by atoms with Crippen LogP contribution in [0.4, 0.5) is 9.52 Å². The third kappa shape index (κ3) is 4.61. The van der Waals surface area contributed by atoms with Crippen molar-refractivity contribution in [3.05, 3.63) is 102 Å². The Kier molecular flexibility index (Phi) is 5.69. The molecule has 8 heteroatoms. The van der Waals surface area contributed by atoms with Gasteiger partial charge < -0.3 is 5.32 Å². The molecule has 0 aliphatic heterocycles. The summed E-state index contributed by atoms with van der Waals surface area (Å²) in [6.45, 7) is 0. The number of anilines is 1. The highest BCUT2D eigenvalue weighted by Gasteiger charge is 2.17. The van der Waals surface area contributed by atoms with Gasteiger partial charge in [-0.25, -0.2) is 9.37 Å². The molecule has 5 nitrogen and oxygen atoms in total. The molecule has 0 amide bonds. The topological polar surface area (TPSA) is 71.4 Å². The first-order valence-electron chi connectivity index (χ1n) is 8.95. The van der Waals surface area contributed by atoms with E-state index in [1.807, 2.05) is 41.8 Å². The normalized spacial score (nSPS) is 12.0. The van der Waals surface area contributed by atoms with Gasteiger partial charge >= 0.3 is 0 Å². The van der Waals surface area contributed by atoms with Gasteiger partial charge in [0.25, 0.3) is 10.0 Å². The van der Waals surface area contributed by atoms with Gasteiger partial charge in [-0.3, -0.25) is 0 Å². The average Bonchev–Trinajstić information content (AvgIpc) is 3.23. The van der Waals surface area contributed by atoms with E-state index in [9.17, 15) is 12.8 Å². The number of hydrogen-bond donors (Lipinski definition) is 1. The average molecular weight is 438 g/mol. The molecule has 0 fully saturated rings. The third-order valence-corrected chi connectivity index (χ3v) is 6.22. The van der Waals surface area contributed by atoms with Crippen molar-refractivity contribution in [2.45, 2.75) is 4.90 Å². The molecule has 150 valence electrons. The number of nitrogens with zero attached hydrogens (tertiary/aromatic N) is 2. The molecule has 1 N–H and O–H groups in total. The van der Waals surface area contributed by atoms with Crippen LogP contribution < -0.4 is 5.32 Å². The third-order valence-electron chi connectivity index (χ3n) is 4.17. The molecule has 0 bridgehead atoms. The van der Waals surface area contributed by atoms with Gasteiger partial charge in [0.05, 0.1) is 10.6 Å². The van der Waals surface area contributed by atoms with Gasteiger partial charge in [0.2, 0.25) is 0 Å². The maximum Gasteiger partial charge on any atom is 0.284 e. The zero-order valence-electron chi connectivity index (χ0n) is 15.6. The summed E-state index contributed by atoms with van der Waals surface area (Å²) in [7, 11) is -4.05. The van der Waals surface area contributed by atoms with E-state index in [0.29, 0.717) is 10.7 Å². The van der Waals surface area contributed by atoms with Crippen LogP contribution in [0, 0.1) is 5.82 Å². The lowest BCUT2D eigenvalue weighted by Crippen LogP contribution is -2.16. The quantitative estimate of drug-likeness (QED) is 0.344. The van der Waals surface area contributed by atoms with Gasteiger partial charge in [0.15, 0.2) is 11.0 Å². The lowest BCUT2D eigenvalue weighted by atomic mass is 10.2. The Morgan fingerprint density at radius 3 is 2.20 bits per heavy atom. The predicted octanol–water partition coefficient (Wildman–Crippen LogP) is 5.20. The van der Waals surface area contributed by atoms with Crippen molar-refractivity contribution in [1.82, 2.24) is 4.98 Å². The smallest absolute Gasteiger partial charge is 0.284 e. The summed E-state index contributed by atoms with van der Waals surface area (Å²) in [4.78, 5) is 4.45. The van der Waals surface area contributed by atoms with E-state index in [0.717, 1.165) is 23.4 Å². The predicted molar refractivity (Wildman–Crippen MR) is 118 cm³/mol. The van der Waals surface area contributed by atoms with Crippen molar-refractivity contribution in [3.8, 4) is 11.3 Å². The zero-order valence-corrected chi connectivity index (χ0v) is 17.2. The number of nitrogens with one attached hydrogen (secondary N) is 1. The number of thiazole rings is 1. The van der Waals surface area contributed by atoms with E-state index in [-0.39, 0.29) is 10.7 Å². The summed E-state index contributed by atoms with van der Waals surface area (Å²) in [5.41, 5.74) is 2.32. The van der Waals surface area contributed by atoms with Crippen molar-refractivity contribution >= 4 is 32.3 Å². The minimum Gasteiger partial charge on any atom is -0.315 e. The summed E-state index contributed by atoms with van der Waals surface area (Å²) in [5, 5.41) is 5.42. The summed E-state index contributed by atoms with van der Waals surface area (Å²) in [6.07, 6.45) is 0. The fourth-order valence-corrected chi connectivity index (χ4v) is 4.39. The van der Waals surface area contributed by atoms with Crippen LogP contribution in [0.15, 0.2) is 99.6 Å². The summed E-state index contributed by atoms with van der Waals surface area (Å²) >= 11 is 1.34. The van der Waals surface area contributed by atoms with Crippen molar-refractivity contribution in [1.29, 1.82) is 0 Å². The van der Waals surface area contributed by atoms with Crippen molar-refractivity contribution in [2.75, 3.05) is 5.32 Å². The van der Waals surface area contributed by atoms with Gasteiger partial charge in [0, 0.05) is 16.5 Å². The summed E-state index contributed by atoms with van der Waals surface area (Å²) in [5.74, 6) is -0.385. The van der Waals surface area contributed by atoms with Gasteiger partial charge in [-0.1, -0.05) is 60.7 Å². The fourth-order valence-electron chi connectivity index (χ4n) is 2.70. The molecular weight excluding hydrogens is 421 g/mol. The highest BCUT2D eigenvalue weighted by atomic mass is 32.2. The monoisotopic (exact) mass is 437 g/mol. The lowest BCUT2D eigenvalue weighted by Gasteiger charge is -2.08. The highest BCUT2D eigenvalue weighted by Crippen LogP contribution is 2.25. The molecule has 30 heavy (non-hydrogen) atoms. The standard InChI is InChI=1S/C22H16FN3O2S2/c23-18-11-13-19(14-12-18)30(27,28)26-21(17-9-5-2-6-10-17)25-22-24-20(15-29-22)16-7-3-1-4-8-16/h1-15H,(H,24,25,26). The number of benzene rings is 3. The maximum atomic E-state index is 13.2. The van der Waals surface area contributed by atoms with E-state index >= 15 is 0 Å². The highest BCUT2D eigenvalue weighted by molar-refractivity contribution is 7.90. The van der Waals surface area contributed by atoms with Crippen molar-refractivity contribution in [2.24, 2.45) is 4.40 Å². The number of aromatic nitrogens is 1. The molecular formula is C22H16FN3O2S2. The number of sulfonamides is 1. The number of amidine groups is 1. The van der Waals surface area contributed by atoms with Crippen LogP contribution in [0.25, 0.3) is 11.3 Å². The SMILES string of the molecule is O=S(=O)(/N=C(\Nc1nc(-c2ccccc2)cs1)c1ccccc1)c1ccc(F)cc1. The fraction of sp³-hybridized carbons (Fsp3) is 0. The molecule has 4 rings (SSSR count). The lowest BCUT2D eigenvalue weighted by molar-refractivity contribution is 0.596. The molecule has 1 heterocycles. The molecule has 4 aromatic rings. The van der Waals surface area contributed by atoms with Crippen LogP contribution >= 0.6 is 11.3 Å². The Hall–Kier alpha value is -3.36. The van der Waals surface area contributed by atoms with Crippen molar-refractivity contribution in [3.63, 3.8) is 0 Å². The van der Waals surface area contributed by atoms with Crippen LogP contribution in [0.3, 0.4) is 0 Å². The first-order chi connectivity index (χ1) is 14.5. The molecule has 3 aromatic carbocycles. The molecule has 0 atom stereocenters. The van der Waals surface area contributed by atoms with Crippen molar-refractivity contribution < 1.29 is 12.8 Å². The van der Waals surface area contributed by atoms with Crippen LogP contribution in [0.2, 0.25) is 0 Å². The van der Waals surface area contributed by atoms with Crippen LogP contribution in [-0.2, 0) is 10.0 Å². The van der Waals surface area contributed by atoms with E-state index in [2.05, 4.69) is 14.7 Å². The van der Waals surface area contributed by atoms with Gasteiger partial charge in [-0.2, -0.15) is 8.42 Å². The van der Waals surface area contributed by atoms with Gasteiger partial charge in [-0.05, 0) is 24.3 Å². The van der Waals surface area contributed by atoms with E-state index in [1.54, 1.807) is 24.3 Å². The largest absolute Gasteiger partial charge is 0.315 e. The Labute approximate surface area is 177 Å². The Morgan fingerprint density at radius 2 is 1.53 bits per heavy atom. The van der Waals surface area contributed by atoms with E-state index < -0.39 is 15.8 Å². The van der Waals surface area contributed by atoms with Gasteiger partial charge in [0.1, 0.15) is 5.82 Å². The van der Waals surface area contributed by atoms with Crippen LogP contribution in [0.1, 0.15) is 5.56 Å². The first kappa shape index (κ1) is 19.9. The number of halogens is 1. The molecule has 0 saturated heterocycles. The van der Waals surface area contributed by atoms with E-state index in [4.69, 9.17) is 0 Å². The Bertz CT molecular complexity index is 1270. The first-order valence-corrected chi connectivity index (χ1v) is 11.3. The molecule has 0 spiro atoms. The zero-order chi connectivity index (χ0) is 21.0. The molecule has 0 aliphatic rings. The molecule has 1 aromatic heterocycles. The molecule has 0 unspecified atom stereocenters. The Balaban J connectivity index is 1.70. The van der Waals surface area contributed by atoms with Gasteiger partial charge in [-0.15, -0.1) is 15.7 Å². The number of rotatable bonds is 5. The second kappa shape index (κ2) is 8.56. The molecule has 0 aliphatic carbocycles.